The zero-order chi connectivity index (χ0) is 20.4. The number of fused-ring (bicyclic) bond motifs is 1. The average Bonchev–Trinajstić information content (AvgIpc) is 3.04. The van der Waals surface area contributed by atoms with Gasteiger partial charge in [-0.3, -0.25) is 9.69 Å². The molecule has 3 N–H and O–H groups in total. The fourth-order valence-corrected chi connectivity index (χ4v) is 3.93. The molecule has 7 nitrogen and oxygen atoms in total. The van der Waals surface area contributed by atoms with Gasteiger partial charge >= 0.3 is 0 Å². The molecule has 1 amide bonds. The molecule has 3 aromatic rings. The lowest BCUT2D eigenvalue weighted by Gasteiger charge is -2.30. The summed E-state index contributed by atoms with van der Waals surface area (Å²) < 4.78 is 1.47. The third kappa shape index (κ3) is 4.14. The third-order valence-corrected chi connectivity index (χ3v) is 5.46. The summed E-state index contributed by atoms with van der Waals surface area (Å²) in [5.74, 6) is 0.175. The van der Waals surface area contributed by atoms with Crippen molar-refractivity contribution in [2.75, 3.05) is 7.05 Å². The highest BCUT2D eigenvalue weighted by molar-refractivity contribution is 5.76. The van der Waals surface area contributed by atoms with Crippen molar-refractivity contribution in [2.24, 2.45) is 5.73 Å². The normalized spacial score (nSPS) is 16.0. The maximum absolute atomic E-state index is 11.2. The van der Waals surface area contributed by atoms with E-state index in [4.69, 9.17) is 5.73 Å². The molecular weight excluding hydrogens is 366 g/mol. The van der Waals surface area contributed by atoms with Crippen LogP contribution >= 0.6 is 0 Å². The number of pyridine rings is 1. The molecule has 1 unspecified atom stereocenters. The SMILES string of the molecule is CN(Cc1ccccc1)C1CCc2nn(-c3cccc(CC(N)=O)n3)c(O)c2C1. The van der Waals surface area contributed by atoms with E-state index in [0.717, 1.165) is 37.1 Å². The lowest BCUT2D eigenvalue weighted by Crippen LogP contribution is -2.35. The van der Waals surface area contributed by atoms with Gasteiger partial charge in [-0.2, -0.15) is 9.78 Å². The summed E-state index contributed by atoms with van der Waals surface area (Å²) in [6.45, 7) is 0.868. The number of carbonyl (C=O) groups excluding carboxylic acids is 1. The van der Waals surface area contributed by atoms with Crippen molar-refractivity contribution in [3.05, 3.63) is 71.0 Å². The fraction of sp³-hybridized carbons (Fsp3) is 0.318. The van der Waals surface area contributed by atoms with Crippen LogP contribution in [0.4, 0.5) is 0 Å². The van der Waals surface area contributed by atoms with Gasteiger partial charge in [0, 0.05) is 18.2 Å². The summed E-state index contributed by atoms with van der Waals surface area (Å²) in [4.78, 5) is 17.9. The molecule has 2 heterocycles. The Bertz CT molecular complexity index is 1020. The van der Waals surface area contributed by atoms with Crippen molar-refractivity contribution in [1.29, 1.82) is 0 Å². The Morgan fingerprint density at radius 1 is 1.24 bits per heavy atom. The van der Waals surface area contributed by atoms with Crippen LogP contribution in [0.5, 0.6) is 5.88 Å². The largest absolute Gasteiger partial charge is 0.493 e. The molecule has 1 aromatic carbocycles. The fourth-order valence-electron chi connectivity index (χ4n) is 3.93. The van der Waals surface area contributed by atoms with E-state index in [0.29, 0.717) is 17.6 Å². The van der Waals surface area contributed by atoms with E-state index >= 15 is 0 Å². The first kappa shape index (κ1) is 19.1. The zero-order valence-corrected chi connectivity index (χ0v) is 16.5. The number of nitrogens with zero attached hydrogens (tertiary/aromatic N) is 4. The molecule has 1 aliphatic rings. The molecule has 0 radical (unpaired) electrons. The van der Waals surface area contributed by atoms with Gasteiger partial charge in [0.2, 0.25) is 11.8 Å². The number of amides is 1. The number of aromatic nitrogens is 3. The van der Waals surface area contributed by atoms with E-state index in [-0.39, 0.29) is 12.3 Å². The minimum Gasteiger partial charge on any atom is -0.493 e. The van der Waals surface area contributed by atoms with E-state index < -0.39 is 5.91 Å². The van der Waals surface area contributed by atoms with E-state index in [2.05, 4.69) is 46.3 Å². The summed E-state index contributed by atoms with van der Waals surface area (Å²) in [5.41, 5.74) is 8.89. The summed E-state index contributed by atoms with van der Waals surface area (Å²) >= 11 is 0. The Kier molecular flexibility index (Phi) is 5.31. The molecule has 0 spiro atoms. The third-order valence-electron chi connectivity index (χ3n) is 5.46. The first-order chi connectivity index (χ1) is 14.0. The smallest absolute Gasteiger partial charge is 0.223 e. The number of hydrogen-bond donors (Lipinski definition) is 2. The van der Waals surface area contributed by atoms with Gasteiger partial charge in [-0.1, -0.05) is 36.4 Å². The molecule has 0 fully saturated rings. The van der Waals surface area contributed by atoms with Crippen molar-refractivity contribution in [3.8, 4) is 11.7 Å². The lowest BCUT2D eigenvalue weighted by atomic mass is 9.92. The maximum atomic E-state index is 11.2. The molecule has 0 saturated heterocycles. The monoisotopic (exact) mass is 391 g/mol. The number of nitrogens with two attached hydrogens (primary N) is 1. The summed E-state index contributed by atoms with van der Waals surface area (Å²) in [6.07, 6.45) is 2.59. The van der Waals surface area contributed by atoms with Crippen LogP contribution in [0, 0.1) is 0 Å². The molecular formula is C22H25N5O2. The second-order valence-electron chi connectivity index (χ2n) is 7.59. The van der Waals surface area contributed by atoms with Crippen molar-refractivity contribution >= 4 is 5.91 Å². The van der Waals surface area contributed by atoms with Crippen LogP contribution in [-0.4, -0.2) is 43.8 Å². The quantitative estimate of drug-likeness (QED) is 0.670. The van der Waals surface area contributed by atoms with Gasteiger partial charge < -0.3 is 10.8 Å². The summed E-state index contributed by atoms with van der Waals surface area (Å²) in [6, 6.07) is 16.0. The Morgan fingerprint density at radius 3 is 2.79 bits per heavy atom. The highest BCUT2D eigenvalue weighted by atomic mass is 16.3. The van der Waals surface area contributed by atoms with Gasteiger partial charge in [-0.25, -0.2) is 4.98 Å². The number of aryl methyl sites for hydroxylation is 1. The second kappa shape index (κ2) is 8.05. The van der Waals surface area contributed by atoms with Crippen LogP contribution in [0.2, 0.25) is 0 Å². The zero-order valence-electron chi connectivity index (χ0n) is 16.5. The number of hydrogen-bond acceptors (Lipinski definition) is 5. The Morgan fingerprint density at radius 2 is 2.03 bits per heavy atom. The Balaban J connectivity index is 1.54. The number of rotatable bonds is 6. The van der Waals surface area contributed by atoms with Gasteiger partial charge in [0.05, 0.1) is 17.8 Å². The number of likely N-dealkylation sites (N-methyl/N-ethyl adjacent to an activating group) is 1. The second-order valence-corrected chi connectivity index (χ2v) is 7.59. The summed E-state index contributed by atoms with van der Waals surface area (Å²) in [7, 11) is 2.12. The van der Waals surface area contributed by atoms with Crippen molar-refractivity contribution < 1.29 is 9.90 Å². The number of aromatic hydroxyl groups is 1. The Hall–Kier alpha value is -3.19. The standard InChI is InChI=1S/C22H25N5O2/c1-26(14-15-6-3-2-4-7-15)17-10-11-19-18(13-17)22(29)27(25-19)21-9-5-8-16(24-21)12-20(23)28/h2-9,17,29H,10-14H2,1H3,(H2,23,28). The molecule has 1 atom stereocenters. The number of primary amides is 1. The minimum atomic E-state index is -0.442. The highest BCUT2D eigenvalue weighted by Crippen LogP contribution is 2.32. The molecule has 2 aromatic heterocycles. The lowest BCUT2D eigenvalue weighted by molar-refractivity contribution is -0.117. The van der Waals surface area contributed by atoms with Crippen molar-refractivity contribution in [1.82, 2.24) is 19.7 Å². The topological polar surface area (TPSA) is 97.3 Å². The van der Waals surface area contributed by atoms with Crippen LogP contribution in [0.3, 0.4) is 0 Å². The van der Waals surface area contributed by atoms with Gasteiger partial charge in [0.1, 0.15) is 0 Å². The molecule has 7 heteroatoms. The van der Waals surface area contributed by atoms with Gasteiger partial charge in [0.25, 0.3) is 0 Å². The van der Waals surface area contributed by atoms with E-state index in [1.807, 2.05) is 6.07 Å². The van der Waals surface area contributed by atoms with E-state index in [9.17, 15) is 9.90 Å². The molecule has 29 heavy (non-hydrogen) atoms. The van der Waals surface area contributed by atoms with Crippen molar-refractivity contribution in [2.45, 2.75) is 38.3 Å². The van der Waals surface area contributed by atoms with Crippen LogP contribution in [0.25, 0.3) is 5.82 Å². The van der Waals surface area contributed by atoms with Gasteiger partial charge in [0.15, 0.2) is 5.82 Å². The molecule has 150 valence electrons. The van der Waals surface area contributed by atoms with Crippen LogP contribution in [-0.2, 0) is 30.6 Å². The summed E-state index contributed by atoms with van der Waals surface area (Å²) in [5, 5.41) is 15.4. The predicted octanol–water partition coefficient (Wildman–Crippen LogP) is 1.99. The Labute approximate surface area is 169 Å². The van der Waals surface area contributed by atoms with Crippen LogP contribution in [0.15, 0.2) is 48.5 Å². The molecule has 0 aliphatic heterocycles. The predicted molar refractivity (Wildman–Crippen MR) is 110 cm³/mol. The van der Waals surface area contributed by atoms with Crippen LogP contribution in [0.1, 0.15) is 28.9 Å². The van der Waals surface area contributed by atoms with Crippen LogP contribution < -0.4 is 5.73 Å². The number of carbonyl (C=O) groups is 1. The van der Waals surface area contributed by atoms with E-state index in [1.165, 1.54) is 10.2 Å². The average molecular weight is 391 g/mol. The highest BCUT2D eigenvalue weighted by Gasteiger charge is 2.29. The first-order valence-electron chi connectivity index (χ1n) is 9.80. The van der Waals surface area contributed by atoms with E-state index in [1.54, 1.807) is 18.2 Å². The minimum absolute atomic E-state index is 0.0575. The maximum Gasteiger partial charge on any atom is 0.223 e. The molecule has 0 saturated carbocycles. The van der Waals surface area contributed by atoms with Crippen molar-refractivity contribution in [3.63, 3.8) is 0 Å². The van der Waals surface area contributed by atoms with Gasteiger partial charge in [-0.05, 0) is 44.0 Å². The molecule has 4 rings (SSSR count). The van der Waals surface area contributed by atoms with Gasteiger partial charge in [-0.15, -0.1) is 0 Å². The first-order valence-corrected chi connectivity index (χ1v) is 9.80. The molecule has 1 aliphatic carbocycles. The molecule has 0 bridgehead atoms. The number of benzene rings is 1.